The fourth-order valence-electron chi connectivity index (χ4n) is 9.64. The summed E-state index contributed by atoms with van der Waals surface area (Å²) in [6.07, 6.45) is 0. The molecule has 0 atom stereocenters. The Morgan fingerprint density at radius 3 is 1.60 bits per heavy atom. The Morgan fingerprint density at radius 2 is 0.857 bits per heavy atom. The van der Waals surface area contributed by atoms with Crippen LogP contribution in [0.4, 0.5) is 0 Å². The molecule has 0 spiro atoms. The number of rotatable bonds is 6. The summed E-state index contributed by atoms with van der Waals surface area (Å²) in [5, 5.41) is 7.54. The summed E-state index contributed by atoms with van der Waals surface area (Å²) in [5.41, 5.74) is 14.2. The van der Waals surface area contributed by atoms with Crippen LogP contribution in [0.25, 0.3) is 120 Å². The second kappa shape index (κ2) is 14.2. The lowest BCUT2D eigenvalue weighted by Gasteiger charge is -2.13. The largest absolute Gasteiger partial charge is 0.309 e. The molecule has 0 saturated heterocycles. The zero-order valence-corrected chi connectivity index (χ0v) is 34.8. The normalized spacial score (nSPS) is 11.8. The highest BCUT2D eigenvalue weighted by Gasteiger charge is 2.19. The minimum atomic E-state index is 0.705. The van der Waals surface area contributed by atoms with Gasteiger partial charge in [0.1, 0.15) is 0 Å². The van der Waals surface area contributed by atoms with Crippen molar-refractivity contribution >= 4 is 75.1 Å². The third-order valence-electron chi connectivity index (χ3n) is 12.5. The van der Waals surface area contributed by atoms with Crippen molar-refractivity contribution in [3.8, 4) is 56.4 Å². The lowest BCUT2D eigenvalue weighted by molar-refractivity contribution is 1.16. The van der Waals surface area contributed by atoms with E-state index in [4.69, 9.17) is 9.97 Å². The Bertz CT molecular complexity index is 3860. The minimum absolute atomic E-state index is 0.705. The maximum atomic E-state index is 5.16. The number of hydrogen-bond acceptors (Lipinski definition) is 3. The van der Waals surface area contributed by atoms with Crippen molar-refractivity contribution in [2.24, 2.45) is 0 Å². The number of benzene rings is 9. The lowest BCUT2D eigenvalue weighted by Crippen LogP contribution is -1.98. The maximum Gasteiger partial charge on any atom is 0.160 e. The summed E-state index contributed by atoms with van der Waals surface area (Å²) in [5.74, 6) is 0.705. The second-order valence-corrected chi connectivity index (χ2v) is 17.2. The van der Waals surface area contributed by atoms with E-state index in [1.807, 2.05) is 35.6 Å². The summed E-state index contributed by atoms with van der Waals surface area (Å²) in [6.45, 7) is 0. The third kappa shape index (κ3) is 5.74. The molecular weight excluding hydrogens is 785 g/mol. The molecule has 0 unspecified atom stereocenters. The summed E-state index contributed by atoms with van der Waals surface area (Å²) >= 11 is 1.88. The molecule has 4 nitrogen and oxygen atoms in total. The van der Waals surface area contributed by atoms with Crippen LogP contribution in [-0.2, 0) is 0 Å². The van der Waals surface area contributed by atoms with Crippen LogP contribution in [0.5, 0.6) is 0 Å². The predicted molar refractivity (Wildman–Crippen MR) is 265 cm³/mol. The molecule has 0 aliphatic rings. The average molecular weight is 821 g/mol. The molecule has 0 fully saturated rings. The Hall–Kier alpha value is -8.12. The molecule has 13 aromatic rings. The number of para-hydroxylation sites is 2. The molecular formula is C58H36N4S. The number of hydrogen-bond donors (Lipinski definition) is 0. The van der Waals surface area contributed by atoms with Crippen LogP contribution in [0.2, 0.25) is 0 Å². The fourth-order valence-corrected chi connectivity index (χ4v) is 10.9. The van der Waals surface area contributed by atoms with Gasteiger partial charge in [-0.1, -0.05) is 152 Å². The Balaban J connectivity index is 0.956. The van der Waals surface area contributed by atoms with Gasteiger partial charge in [-0.3, -0.25) is 0 Å². The van der Waals surface area contributed by atoms with Crippen LogP contribution in [0, 0.1) is 0 Å². The van der Waals surface area contributed by atoms with Crippen LogP contribution in [0.3, 0.4) is 0 Å². The molecule has 0 radical (unpaired) electrons. The highest BCUT2D eigenvalue weighted by molar-refractivity contribution is 7.26. The molecule has 13 rings (SSSR count). The first-order valence-electron chi connectivity index (χ1n) is 21.3. The van der Waals surface area contributed by atoms with Gasteiger partial charge in [0.15, 0.2) is 5.82 Å². The fraction of sp³-hybridized carbons (Fsp3) is 0. The van der Waals surface area contributed by atoms with E-state index in [1.54, 1.807) is 0 Å². The first-order chi connectivity index (χ1) is 31.2. The Morgan fingerprint density at radius 1 is 0.317 bits per heavy atom. The van der Waals surface area contributed by atoms with E-state index < -0.39 is 0 Å². The first-order valence-corrected chi connectivity index (χ1v) is 22.1. The van der Waals surface area contributed by atoms with E-state index in [0.717, 1.165) is 50.5 Å². The molecule has 4 heterocycles. The topological polar surface area (TPSA) is 35.6 Å². The highest BCUT2D eigenvalue weighted by Crippen LogP contribution is 2.43. The minimum Gasteiger partial charge on any atom is -0.309 e. The number of fused-ring (bicyclic) bond motifs is 9. The lowest BCUT2D eigenvalue weighted by atomic mass is 10.0. The average Bonchev–Trinajstić information content (AvgIpc) is 4.02. The smallest absolute Gasteiger partial charge is 0.160 e. The molecule has 0 bridgehead atoms. The zero-order valence-electron chi connectivity index (χ0n) is 34.0. The number of aromatic nitrogens is 4. The van der Waals surface area contributed by atoms with Crippen LogP contribution in [-0.4, -0.2) is 19.1 Å². The van der Waals surface area contributed by atoms with Crippen molar-refractivity contribution in [2.45, 2.75) is 0 Å². The van der Waals surface area contributed by atoms with E-state index in [9.17, 15) is 0 Å². The van der Waals surface area contributed by atoms with Crippen molar-refractivity contribution < 1.29 is 0 Å². The monoisotopic (exact) mass is 820 g/mol. The van der Waals surface area contributed by atoms with Gasteiger partial charge in [0.05, 0.1) is 33.5 Å². The molecule has 0 aliphatic carbocycles. The van der Waals surface area contributed by atoms with Gasteiger partial charge in [0, 0.05) is 69.8 Å². The quantitative estimate of drug-likeness (QED) is 0.167. The van der Waals surface area contributed by atoms with E-state index in [-0.39, 0.29) is 0 Å². The van der Waals surface area contributed by atoms with Gasteiger partial charge in [-0.15, -0.1) is 11.3 Å². The molecule has 5 heteroatoms. The van der Waals surface area contributed by atoms with Crippen LogP contribution >= 0.6 is 11.3 Å². The Kier molecular flexibility index (Phi) is 8.05. The molecule has 0 saturated carbocycles. The number of nitrogens with zero attached hydrogens (tertiary/aromatic N) is 4. The SMILES string of the molecule is c1ccc(-c2cc(-c3cccc(-n4c5ccccc5c5cc(-n6c7ccccc7c7cc(-c8cccc9c8sc8ccccc89)ccc76)ccc54)c3)nc(-c3ccccc3)n2)cc1. The predicted octanol–water partition coefficient (Wildman–Crippen LogP) is 15.7. The Labute approximate surface area is 367 Å². The van der Waals surface area contributed by atoms with Crippen molar-refractivity contribution in [2.75, 3.05) is 0 Å². The maximum absolute atomic E-state index is 5.16. The highest BCUT2D eigenvalue weighted by atomic mass is 32.1. The number of thiophene rings is 1. The molecule has 0 aliphatic heterocycles. The third-order valence-corrected chi connectivity index (χ3v) is 13.7. The first kappa shape index (κ1) is 35.6. The van der Waals surface area contributed by atoms with Crippen LogP contribution in [0.15, 0.2) is 218 Å². The van der Waals surface area contributed by atoms with Gasteiger partial charge in [0.2, 0.25) is 0 Å². The standard InChI is InChI=1S/C58H36N4S/c1-3-15-37(16-4-1)50-36-51(60-58(59-50)38-17-5-2-6-18-38)40-19-13-20-41(33-40)61-53-27-11-8-22-45(53)49-35-42(30-32-55(49)61)62-52-26-10-7-21-44(52)48-34-39(29-31-54(48)62)43-24-14-25-47-46-23-9-12-28-56(46)63-57(43)47/h1-36H. The summed E-state index contributed by atoms with van der Waals surface area (Å²) in [7, 11) is 0. The van der Waals surface area contributed by atoms with Crippen molar-refractivity contribution in [1.82, 2.24) is 19.1 Å². The van der Waals surface area contributed by atoms with Crippen LogP contribution in [0.1, 0.15) is 0 Å². The summed E-state index contributed by atoms with van der Waals surface area (Å²) in [4.78, 5) is 10.2. The van der Waals surface area contributed by atoms with E-state index in [2.05, 4.69) is 203 Å². The molecule has 294 valence electrons. The molecule has 63 heavy (non-hydrogen) atoms. The zero-order chi connectivity index (χ0) is 41.4. The van der Waals surface area contributed by atoms with Gasteiger partial charge in [-0.25, -0.2) is 9.97 Å². The van der Waals surface area contributed by atoms with Gasteiger partial charge in [-0.2, -0.15) is 0 Å². The molecule has 4 aromatic heterocycles. The van der Waals surface area contributed by atoms with Gasteiger partial charge >= 0.3 is 0 Å². The molecule has 0 amide bonds. The van der Waals surface area contributed by atoms with E-state index >= 15 is 0 Å². The van der Waals surface area contributed by atoms with Gasteiger partial charge in [0.25, 0.3) is 0 Å². The van der Waals surface area contributed by atoms with Crippen LogP contribution < -0.4 is 0 Å². The van der Waals surface area contributed by atoms with E-state index in [0.29, 0.717) is 5.82 Å². The summed E-state index contributed by atoms with van der Waals surface area (Å²) in [6, 6.07) is 78.5. The van der Waals surface area contributed by atoms with Crippen molar-refractivity contribution in [1.29, 1.82) is 0 Å². The summed E-state index contributed by atoms with van der Waals surface area (Å²) < 4.78 is 7.48. The van der Waals surface area contributed by atoms with Crippen molar-refractivity contribution in [3.63, 3.8) is 0 Å². The van der Waals surface area contributed by atoms with Gasteiger partial charge in [-0.05, 0) is 77.9 Å². The van der Waals surface area contributed by atoms with Crippen molar-refractivity contribution in [3.05, 3.63) is 218 Å². The second-order valence-electron chi connectivity index (χ2n) is 16.2. The molecule has 0 N–H and O–H groups in total. The van der Waals surface area contributed by atoms with Gasteiger partial charge < -0.3 is 9.13 Å². The molecule has 9 aromatic carbocycles. The van der Waals surface area contributed by atoms with E-state index in [1.165, 1.54) is 63.9 Å².